The lowest BCUT2D eigenvalue weighted by molar-refractivity contribution is 0.398. The van der Waals surface area contributed by atoms with Gasteiger partial charge >= 0.3 is 0 Å². The standard InChI is InChI=1S/C11H11BrN4O/c1-6-9(12)10(13)16-11(14-6)7-4-3-5-8(15-7)17-2/h3-5H,1-2H3,(H2,13,14,16). The van der Waals surface area contributed by atoms with Crippen LogP contribution >= 0.6 is 15.9 Å². The van der Waals surface area contributed by atoms with E-state index in [2.05, 4.69) is 30.9 Å². The molecule has 0 aliphatic heterocycles. The Labute approximate surface area is 107 Å². The Morgan fingerprint density at radius 1 is 1.24 bits per heavy atom. The van der Waals surface area contributed by atoms with Crippen LogP contribution in [-0.4, -0.2) is 22.1 Å². The summed E-state index contributed by atoms with van der Waals surface area (Å²) in [5, 5.41) is 0. The first-order valence-electron chi connectivity index (χ1n) is 4.93. The van der Waals surface area contributed by atoms with Crippen LogP contribution in [0.2, 0.25) is 0 Å². The van der Waals surface area contributed by atoms with Crippen molar-refractivity contribution in [3.63, 3.8) is 0 Å². The smallest absolute Gasteiger partial charge is 0.213 e. The Balaban J connectivity index is 2.52. The van der Waals surface area contributed by atoms with E-state index in [0.29, 0.717) is 27.7 Å². The second-order valence-corrected chi connectivity index (χ2v) is 4.19. The molecular formula is C11H11BrN4O. The number of halogens is 1. The molecule has 2 heterocycles. The van der Waals surface area contributed by atoms with E-state index in [9.17, 15) is 0 Å². The van der Waals surface area contributed by atoms with Gasteiger partial charge < -0.3 is 10.5 Å². The van der Waals surface area contributed by atoms with Crippen molar-refractivity contribution in [1.29, 1.82) is 0 Å². The molecule has 0 aliphatic rings. The first-order valence-corrected chi connectivity index (χ1v) is 5.72. The highest BCUT2D eigenvalue weighted by Crippen LogP contribution is 2.24. The van der Waals surface area contributed by atoms with Gasteiger partial charge in [-0.05, 0) is 28.9 Å². The molecule has 2 aromatic heterocycles. The Bertz CT molecular complexity index is 536. The maximum absolute atomic E-state index is 5.77. The van der Waals surface area contributed by atoms with E-state index in [4.69, 9.17) is 10.5 Å². The van der Waals surface area contributed by atoms with Crippen molar-refractivity contribution in [1.82, 2.24) is 15.0 Å². The normalized spacial score (nSPS) is 10.3. The minimum Gasteiger partial charge on any atom is -0.481 e. The van der Waals surface area contributed by atoms with Crippen molar-refractivity contribution in [3.05, 3.63) is 28.4 Å². The summed E-state index contributed by atoms with van der Waals surface area (Å²) in [5.74, 6) is 1.41. The van der Waals surface area contributed by atoms with E-state index >= 15 is 0 Å². The summed E-state index contributed by atoms with van der Waals surface area (Å²) in [5.41, 5.74) is 7.18. The number of aryl methyl sites for hydroxylation is 1. The van der Waals surface area contributed by atoms with Gasteiger partial charge in [-0.1, -0.05) is 6.07 Å². The van der Waals surface area contributed by atoms with Crippen LogP contribution in [0.4, 0.5) is 5.82 Å². The molecule has 0 radical (unpaired) electrons. The van der Waals surface area contributed by atoms with Crippen molar-refractivity contribution >= 4 is 21.7 Å². The molecule has 0 aliphatic carbocycles. The first-order chi connectivity index (χ1) is 8.11. The van der Waals surface area contributed by atoms with Crippen LogP contribution in [0.5, 0.6) is 5.88 Å². The molecule has 0 fully saturated rings. The maximum atomic E-state index is 5.77. The van der Waals surface area contributed by atoms with Gasteiger partial charge in [0.25, 0.3) is 0 Å². The van der Waals surface area contributed by atoms with Crippen molar-refractivity contribution in [3.8, 4) is 17.4 Å². The Kier molecular flexibility index (Phi) is 3.23. The van der Waals surface area contributed by atoms with Crippen LogP contribution in [0.3, 0.4) is 0 Å². The molecule has 0 saturated carbocycles. The average Bonchev–Trinajstić information content (AvgIpc) is 2.35. The largest absolute Gasteiger partial charge is 0.481 e. The number of aromatic nitrogens is 3. The van der Waals surface area contributed by atoms with Gasteiger partial charge in [-0.15, -0.1) is 0 Å². The van der Waals surface area contributed by atoms with Gasteiger partial charge in [-0.25, -0.2) is 15.0 Å². The molecule has 6 heteroatoms. The third kappa shape index (κ3) is 2.36. The van der Waals surface area contributed by atoms with Crippen LogP contribution in [0.15, 0.2) is 22.7 Å². The lowest BCUT2D eigenvalue weighted by Crippen LogP contribution is -2.01. The first kappa shape index (κ1) is 11.8. The molecule has 0 spiro atoms. The Hall–Kier alpha value is -1.69. The highest BCUT2D eigenvalue weighted by molar-refractivity contribution is 9.10. The fraction of sp³-hybridized carbons (Fsp3) is 0.182. The third-order valence-corrected chi connectivity index (χ3v) is 3.18. The average molecular weight is 295 g/mol. The topological polar surface area (TPSA) is 73.9 Å². The second-order valence-electron chi connectivity index (χ2n) is 3.40. The van der Waals surface area contributed by atoms with E-state index in [0.717, 1.165) is 5.69 Å². The number of nitrogen functional groups attached to an aromatic ring is 1. The van der Waals surface area contributed by atoms with Crippen LogP contribution in [0.1, 0.15) is 5.69 Å². The number of hydrogen-bond acceptors (Lipinski definition) is 5. The quantitative estimate of drug-likeness (QED) is 0.919. The predicted octanol–water partition coefficient (Wildman–Crippen LogP) is 2.20. The molecule has 0 atom stereocenters. The van der Waals surface area contributed by atoms with Gasteiger partial charge in [0, 0.05) is 6.07 Å². The summed E-state index contributed by atoms with van der Waals surface area (Å²) in [4.78, 5) is 12.8. The summed E-state index contributed by atoms with van der Waals surface area (Å²) in [6, 6.07) is 5.40. The summed E-state index contributed by atoms with van der Waals surface area (Å²) in [6.07, 6.45) is 0. The van der Waals surface area contributed by atoms with E-state index in [1.807, 2.05) is 19.1 Å². The molecule has 88 valence electrons. The van der Waals surface area contributed by atoms with Crippen LogP contribution in [0.25, 0.3) is 11.5 Å². The molecule has 0 saturated heterocycles. The zero-order chi connectivity index (χ0) is 12.4. The molecule has 17 heavy (non-hydrogen) atoms. The summed E-state index contributed by atoms with van der Waals surface area (Å²) >= 11 is 3.32. The zero-order valence-electron chi connectivity index (χ0n) is 9.44. The highest BCUT2D eigenvalue weighted by atomic mass is 79.9. The van der Waals surface area contributed by atoms with E-state index in [1.54, 1.807) is 13.2 Å². The fourth-order valence-electron chi connectivity index (χ4n) is 1.35. The molecule has 2 rings (SSSR count). The number of pyridine rings is 1. The van der Waals surface area contributed by atoms with Gasteiger partial charge in [-0.2, -0.15) is 0 Å². The number of rotatable bonds is 2. The van der Waals surface area contributed by atoms with Crippen LogP contribution in [-0.2, 0) is 0 Å². The van der Waals surface area contributed by atoms with Gasteiger partial charge in [0.05, 0.1) is 17.3 Å². The monoisotopic (exact) mass is 294 g/mol. The molecule has 5 nitrogen and oxygen atoms in total. The minimum absolute atomic E-state index is 0.400. The van der Waals surface area contributed by atoms with E-state index in [-0.39, 0.29) is 0 Å². The summed E-state index contributed by atoms with van der Waals surface area (Å²) < 4.78 is 5.77. The third-order valence-electron chi connectivity index (χ3n) is 2.20. The Morgan fingerprint density at radius 2 is 2.00 bits per heavy atom. The van der Waals surface area contributed by atoms with Gasteiger partial charge in [0.15, 0.2) is 5.82 Å². The molecule has 0 aromatic carbocycles. The molecule has 2 N–H and O–H groups in total. The lowest BCUT2D eigenvalue weighted by atomic mass is 10.3. The molecular weight excluding hydrogens is 284 g/mol. The summed E-state index contributed by atoms with van der Waals surface area (Å²) in [7, 11) is 1.56. The minimum atomic E-state index is 0.400. The van der Waals surface area contributed by atoms with Crippen LogP contribution in [0, 0.1) is 6.92 Å². The number of nitrogens with two attached hydrogens (primary N) is 1. The van der Waals surface area contributed by atoms with Crippen molar-refractivity contribution < 1.29 is 4.74 Å². The second kappa shape index (κ2) is 4.67. The fourth-order valence-corrected chi connectivity index (χ4v) is 1.53. The number of methoxy groups -OCH3 is 1. The number of nitrogens with zero attached hydrogens (tertiary/aromatic N) is 3. The summed E-state index contributed by atoms with van der Waals surface area (Å²) in [6.45, 7) is 1.85. The van der Waals surface area contributed by atoms with Crippen molar-refractivity contribution in [2.45, 2.75) is 6.92 Å². The Morgan fingerprint density at radius 3 is 2.65 bits per heavy atom. The van der Waals surface area contributed by atoms with Crippen LogP contribution < -0.4 is 10.5 Å². The predicted molar refractivity (Wildman–Crippen MR) is 68.7 cm³/mol. The molecule has 0 unspecified atom stereocenters. The van der Waals surface area contributed by atoms with Crippen molar-refractivity contribution in [2.24, 2.45) is 0 Å². The maximum Gasteiger partial charge on any atom is 0.213 e. The number of ether oxygens (including phenoxy) is 1. The SMILES string of the molecule is COc1cccc(-c2nc(C)c(Br)c(N)n2)n1. The van der Waals surface area contributed by atoms with E-state index in [1.165, 1.54) is 0 Å². The number of hydrogen-bond donors (Lipinski definition) is 1. The van der Waals surface area contributed by atoms with Gasteiger partial charge in [0.2, 0.25) is 5.88 Å². The molecule has 2 aromatic rings. The molecule has 0 amide bonds. The van der Waals surface area contributed by atoms with Crippen molar-refractivity contribution in [2.75, 3.05) is 12.8 Å². The zero-order valence-corrected chi connectivity index (χ0v) is 11.0. The van der Waals surface area contributed by atoms with E-state index < -0.39 is 0 Å². The highest BCUT2D eigenvalue weighted by Gasteiger charge is 2.10. The van der Waals surface area contributed by atoms with Gasteiger partial charge in [-0.3, -0.25) is 0 Å². The van der Waals surface area contributed by atoms with Gasteiger partial charge in [0.1, 0.15) is 11.5 Å². The number of anilines is 1. The molecule has 0 bridgehead atoms. The lowest BCUT2D eigenvalue weighted by Gasteiger charge is -2.06.